The summed E-state index contributed by atoms with van der Waals surface area (Å²) in [7, 11) is -0.505. The van der Waals surface area contributed by atoms with Crippen molar-refractivity contribution in [1.29, 1.82) is 0 Å². The molecular weight excluding hydrogens is 240 g/mol. The Morgan fingerprint density at radius 3 is 2.59 bits per heavy atom. The normalized spacial score (nSPS) is 11.9. The van der Waals surface area contributed by atoms with Crippen molar-refractivity contribution >= 4 is 16.4 Å². The van der Waals surface area contributed by atoms with Gasteiger partial charge in [-0.1, -0.05) is 13.0 Å². The maximum absolute atomic E-state index is 11.8. The lowest BCUT2D eigenvalue weighted by Gasteiger charge is -2.06. The number of rotatable bonds is 4. The van der Waals surface area contributed by atoms with Gasteiger partial charge in [0, 0.05) is 14.1 Å². The number of aromatic hydroxyl groups is 1. The van der Waals surface area contributed by atoms with E-state index in [1.807, 2.05) is 6.92 Å². The number of benzene rings is 1. The van der Waals surface area contributed by atoms with E-state index in [4.69, 9.17) is 0 Å². The van der Waals surface area contributed by atoms with Gasteiger partial charge in [-0.2, -0.15) is 8.42 Å². The second kappa shape index (κ2) is 5.18. The number of phenols is 1. The number of aryl methyl sites for hydroxylation is 1. The number of sulfonamides is 1. The molecule has 0 unspecified atom stereocenters. The molecule has 0 heterocycles. The van der Waals surface area contributed by atoms with Crippen molar-refractivity contribution in [2.45, 2.75) is 18.2 Å². The zero-order chi connectivity index (χ0) is 13.1. The lowest BCUT2D eigenvalue weighted by Crippen LogP contribution is -2.10. The molecule has 1 aromatic carbocycles. The van der Waals surface area contributed by atoms with Crippen LogP contribution in [0.4, 0.5) is 0 Å². The van der Waals surface area contributed by atoms with Gasteiger partial charge in [-0.05, 0) is 24.1 Å². The molecule has 0 spiro atoms. The molecule has 1 rings (SSSR count). The fourth-order valence-corrected chi connectivity index (χ4v) is 2.26. The highest BCUT2D eigenvalue weighted by Gasteiger charge is 2.17. The van der Waals surface area contributed by atoms with Crippen molar-refractivity contribution < 1.29 is 13.5 Å². The highest BCUT2D eigenvalue weighted by Crippen LogP contribution is 2.25. The van der Waals surface area contributed by atoms with Crippen molar-refractivity contribution in [3.05, 3.63) is 23.8 Å². The molecule has 17 heavy (non-hydrogen) atoms. The molecule has 0 amide bonds. The van der Waals surface area contributed by atoms with Crippen LogP contribution in [-0.2, 0) is 16.4 Å². The van der Waals surface area contributed by atoms with Gasteiger partial charge >= 0.3 is 0 Å². The fraction of sp³-hybridized carbons (Fsp3) is 0.364. The summed E-state index contributed by atoms with van der Waals surface area (Å²) in [6.07, 6.45) is 1.88. The van der Waals surface area contributed by atoms with Crippen molar-refractivity contribution in [2.75, 3.05) is 14.1 Å². The van der Waals surface area contributed by atoms with Crippen LogP contribution in [0.5, 0.6) is 5.75 Å². The number of hydrogen-bond donors (Lipinski definition) is 1. The Labute approximate surface area is 101 Å². The van der Waals surface area contributed by atoms with Gasteiger partial charge in [0.2, 0.25) is 0 Å². The predicted molar refractivity (Wildman–Crippen MR) is 66.8 cm³/mol. The van der Waals surface area contributed by atoms with E-state index in [1.54, 1.807) is 20.2 Å². The molecule has 1 N–H and O–H groups in total. The van der Waals surface area contributed by atoms with Crippen molar-refractivity contribution in [2.24, 2.45) is 4.40 Å². The van der Waals surface area contributed by atoms with Gasteiger partial charge in [0.25, 0.3) is 10.0 Å². The first-order valence-electron chi connectivity index (χ1n) is 5.15. The van der Waals surface area contributed by atoms with E-state index in [0.717, 1.165) is 5.56 Å². The number of phenolic OH excluding ortho intramolecular Hbond substituents is 1. The highest BCUT2D eigenvalue weighted by molar-refractivity contribution is 7.90. The molecule has 0 fully saturated rings. The molecular formula is C11H16N2O3S. The maximum Gasteiger partial charge on any atom is 0.287 e. The molecule has 94 valence electrons. The van der Waals surface area contributed by atoms with Crippen LogP contribution in [0, 0.1) is 0 Å². The van der Waals surface area contributed by atoms with Gasteiger partial charge in [-0.3, -0.25) is 0 Å². The summed E-state index contributed by atoms with van der Waals surface area (Å²) in [5.41, 5.74) is 0.835. The highest BCUT2D eigenvalue weighted by atomic mass is 32.2. The first kappa shape index (κ1) is 13.5. The van der Waals surface area contributed by atoms with Gasteiger partial charge in [-0.15, -0.1) is 4.40 Å². The second-order valence-electron chi connectivity index (χ2n) is 3.82. The Morgan fingerprint density at radius 2 is 2.06 bits per heavy atom. The smallest absolute Gasteiger partial charge is 0.287 e. The standard InChI is InChI=1S/C11H16N2O3S/c1-4-9-5-6-10(14)11(7-9)17(15,16)12-8-13(2)3/h5-8,14H,4H2,1-3H3. The van der Waals surface area contributed by atoms with Gasteiger partial charge in [0.05, 0.1) is 0 Å². The SMILES string of the molecule is CCc1ccc(O)c(S(=O)(=O)N=CN(C)C)c1. The Morgan fingerprint density at radius 1 is 1.41 bits per heavy atom. The Bertz CT molecular complexity index is 522. The summed E-state index contributed by atoms with van der Waals surface area (Å²) in [5.74, 6) is -0.280. The summed E-state index contributed by atoms with van der Waals surface area (Å²) in [6, 6.07) is 4.50. The first-order valence-corrected chi connectivity index (χ1v) is 6.59. The summed E-state index contributed by atoms with van der Waals surface area (Å²) < 4.78 is 27.2. The average molecular weight is 256 g/mol. The molecule has 0 saturated carbocycles. The van der Waals surface area contributed by atoms with E-state index in [0.29, 0.717) is 6.42 Å². The van der Waals surface area contributed by atoms with Crippen LogP contribution in [-0.4, -0.2) is 38.9 Å². The van der Waals surface area contributed by atoms with Crippen LogP contribution in [0.3, 0.4) is 0 Å². The van der Waals surface area contributed by atoms with E-state index >= 15 is 0 Å². The fourth-order valence-electron chi connectivity index (χ4n) is 1.20. The quantitative estimate of drug-likeness (QED) is 0.650. The second-order valence-corrected chi connectivity index (χ2v) is 5.42. The summed E-state index contributed by atoms with van der Waals surface area (Å²) in [4.78, 5) is 1.35. The van der Waals surface area contributed by atoms with E-state index in [-0.39, 0.29) is 10.6 Å². The molecule has 0 saturated heterocycles. The topological polar surface area (TPSA) is 70.0 Å². The van der Waals surface area contributed by atoms with Crippen molar-refractivity contribution in [3.8, 4) is 5.75 Å². The lowest BCUT2D eigenvalue weighted by molar-refractivity contribution is 0.458. The first-order chi connectivity index (χ1) is 7.86. The largest absolute Gasteiger partial charge is 0.507 e. The lowest BCUT2D eigenvalue weighted by atomic mass is 10.2. The van der Waals surface area contributed by atoms with Crippen LogP contribution in [0.2, 0.25) is 0 Å². The molecule has 0 aliphatic carbocycles. The van der Waals surface area contributed by atoms with Crippen LogP contribution in [0.15, 0.2) is 27.5 Å². The van der Waals surface area contributed by atoms with E-state index < -0.39 is 10.0 Å². The summed E-state index contributed by atoms with van der Waals surface area (Å²) in [6.45, 7) is 1.91. The molecule has 0 atom stereocenters. The zero-order valence-electron chi connectivity index (χ0n) is 10.1. The van der Waals surface area contributed by atoms with E-state index in [2.05, 4.69) is 4.40 Å². The minimum absolute atomic E-state index is 0.157. The molecule has 0 aromatic heterocycles. The molecule has 1 aromatic rings. The maximum atomic E-state index is 11.8. The van der Waals surface area contributed by atoms with Crippen LogP contribution >= 0.6 is 0 Å². The third-order valence-electron chi connectivity index (χ3n) is 2.13. The van der Waals surface area contributed by atoms with Gasteiger partial charge in [0.15, 0.2) is 0 Å². The van der Waals surface area contributed by atoms with Gasteiger partial charge in [0.1, 0.15) is 17.0 Å². The zero-order valence-corrected chi connectivity index (χ0v) is 10.9. The molecule has 0 bridgehead atoms. The predicted octanol–water partition coefficient (Wildman–Crippen LogP) is 1.23. The van der Waals surface area contributed by atoms with E-state index in [1.165, 1.54) is 23.4 Å². The molecule has 0 aliphatic heterocycles. The Kier molecular flexibility index (Phi) is 4.11. The molecule has 0 radical (unpaired) electrons. The minimum atomic E-state index is -3.84. The summed E-state index contributed by atoms with van der Waals surface area (Å²) in [5, 5.41) is 9.56. The van der Waals surface area contributed by atoms with Crippen LogP contribution in [0.1, 0.15) is 12.5 Å². The molecule has 5 nitrogen and oxygen atoms in total. The number of hydrogen-bond acceptors (Lipinski definition) is 3. The summed E-state index contributed by atoms with van der Waals surface area (Å²) >= 11 is 0. The third-order valence-corrected chi connectivity index (χ3v) is 3.38. The average Bonchev–Trinajstić information content (AvgIpc) is 2.27. The van der Waals surface area contributed by atoms with E-state index in [9.17, 15) is 13.5 Å². The van der Waals surface area contributed by atoms with Crippen molar-refractivity contribution in [3.63, 3.8) is 0 Å². The van der Waals surface area contributed by atoms with Crippen LogP contribution in [0.25, 0.3) is 0 Å². The van der Waals surface area contributed by atoms with Crippen LogP contribution < -0.4 is 0 Å². The monoisotopic (exact) mass is 256 g/mol. The van der Waals surface area contributed by atoms with Gasteiger partial charge in [-0.25, -0.2) is 0 Å². The van der Waals surface area contributed by atoms with Crippen molar-refractivity contribution in [1.82, 2.24) is 4.90 Å². The molecule has 6 heteroatoms. The minimum Gasteiger partial charge on any atom is -0.507 e. The molecule has 0 aliphatic rings. The Balaban J connectivity index is 3.23. The van der Waals surface area contributed by atoms with Gasteiger partial charge < -0.3 is 10.0 Å². The Hall–Kier alpha value is -1.56. The number of nitrogens with zero attached hydrogens (tertiary/aromatic N) is 2. The third kappa shape index (κ3) is 3.45.